The first-order valence-corrected chi connectivity index (χ1v) is 5.61. The van der Waals surface area contributed by atoms with E-state index in [1.807, 2.05) is 0 Å². The maximum atomic E-state index is 13.0. The van der Waals surface area contributed by atoms with Crippen molar-refractivity contribution in [1.29, 1.82) is 0 Å². The second-order valence-electron chi connectivity index (χ2n) is 3.90. The Morgan fingerprint density at radius 1 is 1.45 bits per heavy atom. The third-order valence-electron chi connectivity index (χ3n) is 2.70. The average Bonchev–Trinajstić information content (AvgIpc) is 2.83. The number of carboxylic acids is 1. The lowest BCUT2D eigenvalue weighted by Gasteiger charge is -2.10. The number of aromatic carboxylic acids is 1. The number of aromatic nitrogens is 3. The van der Waals surface area contributed by atoms with E-state index >= 15 is 0 Å². The molecule has 0 spiro atoms. The van der Waals surface area contributed by atoms with E-state index in [-0.39, 0.29) is 6.54 Å². The summed E-state index contributed by atoms with van der Waals surface area (Å²) >= 11 is 0. The van der Waals surface area contributed by atoms with E-state index in [1.54, 1.807) is 24.3 Å². The van der Waals surface area contributed by atoms with Crippen LogP contribution in [0.1, 0.15) is 28.2 Å². The van der Waals surface area contributed by atoms with Crippen molar-refractivity contribution in [1.82, 2.24) is 15.0 Å². The molecule has 0 unspecified atom stereocenters. The molecule has 0 bridgehead atoms. The molecule has 0 aliphatic carbocycles. The van der Waals surface area contributed by atoms with Crippen LogP contribution in [0.2, 0.25) is 0 Å². The van der Waals surface area contributed by atoms with Crippen molar-refractivity contribution in [2.75, 3.05) is 7.11 Å². The molecule has 0 aliphatic heterocycles. The van der Waals surface area contributed by atoms with Gasteiger partial charge >= 0.3 is 5.97 Å². The van der Waals surface area contributed by atoms with Gasteiger partial charge in [-0.15, -0.1) is 5.10 Å². The smallest absolute Gasteiger partial charge is 0.358 e. The largest absolute Gasteiger partial charge is 0.496 e. The third-order valence-corrected chi connectivity index (χ3v) is 2.70. The molecule has 1 N–H and O–H groups in total. The molecule has 2 aromatic rings. The average molecular weight is 283 g/mol. The molecule has 8 heteroatoms. The SMILES string of the molecule is COc1ccccc1Cn1nnc(C(=O)O)c1C(F)F. The zero-order valence-corrected chi connectivity index (χ0v) is 10.5. The predicted octanol–water partition coefficient (Wildman–Crippen LogP) is 1.97. The Labute approximate surface area is 112 Å². The van der Waals surface area contributed by atoms with Crippen LogP contribution in [0.3, 0.4) is 0 Å². The summed E-state index contributed by atoms with van der Waals surface area (Å²) in [6.07, 6.45) is -2.98. The number of hydrogen-bond donors (Lipinski definition) is 1. The lowest BCUT2D eigenvalue weighted by atomic mass is 10.2. The van der Waals surface area contributed by atoms with Gasteiger partial charge in [0.2, 0.25) is 0 Å². The van der Waals surface area contributed by atoms with E-state index in [9.17, 15) is 13.6 Å². The first-order chi connectivity index (χ1) is 9.54. The highest BCUT2D eigenvalue weighted by Gasteiger charge is 2.26. The second-order valence-corrected chi connectivity index (χ2v) is 3.90. The minimum atomic E-state index is -2.98. The van der Waals surface area contributed by atoms with Gasteiger partial charge in [0.05, 0.1) is 13.7 Å². The van der Waals surface area contributed by atoms with Crippen molar-refractivity contribution in [3.05, 3.63) is 41.2 Å². The predicted molar refractivity (Wildman–Crippen MR) is 64.0 cm³/mol. The Bertz CT molecular complexity index is 628. The van der Waals surface area contributed by atoms with E-state index in [4.69, 9.17) is 9.84 Å². The quantitative estimate of drug-likeness (QED) is 0.907. The number of halogens is 2. The Hall–Kier alpha value is -2.51. The number of para-hydroxylation sites is 1. The number of ether oxygens (including phenoxy) is 1. The third kappa shape index (κ3) is 2.58. The number of hydrogen-bond acceptors (Lipinski definition) is 4. The lowest BCUT2D eigenvalue weighted by Crippen LogP contribution is -2.10. The van der Waals surface area contributed by atoms with E-state index in [0.717, 1.165) is 4.68 Å². The van der Waals surface area contributed by atoms with Gasteiger partial charge in [0, 0.05) is 5.56 Å². The number of alkyl halides is 2. The van der Waals surface area contributed by atoms with Gasteiger partial charge in [0.1, 0.15) is 11.4 Å². The molecule has 2 rings (SSSR count). The van der Waals surface area contributed by atoms with Crippen LogP contribution in [0.15, 0.2) is 24.3 Å². The zero-order valence-electron chi connectivity index (χ0n) is 10.5. The summed E-state index contributed by atoms with van der Waals surface area (Å²) < 4.78 is 31.9. The van der Waals surface area contributed by atoms with E-state index < -0.39 is 23.8 Å². The van der Waals surface area contributed by atoms with Gasteiger partial charge in [-0.05, 0) is 6.07 Å². The molecule has 1 aromatic heterocycles. The number of carbonyl (C=O) groups is 1. The van der Waals surface area contributed by atoms with E-state index in [2.05, 4.69) is 10.3 Å². The van der Waals surface area contributed by atoms with Crippen molar-refractivity contribution in [3.8, 4) is 5.75 Å². The summed E-state index contributed by atoms with van der Waals surface area (Å²) in [5.41, 5.74) is -0.864. The number of methoxy groups -OCH3 is 1. The van der Waals surface area contributed by atoms with Crippen molar-refractivity contribution < 1.29 is 23.4 Å². The van der Waals surface area contributed by atoms with Crippen molar-refractivity contribution in [3.63, 3.8) is 0 Å². The minimum Gasteiger partial charge on any atom is -0.496 e. The molecule has 0 atom stereocenters. The standard InChI is InChI=1S/C12H11F2N3O3/c1-20-8-5-3-2-4-7(8)6-17-10(11(13)14)9(12(18)19)15-16-17/h2-5,11H,6H2,1H3,(H,18,19). The molecular formula is C12H11F2N3O3. The van der Waals surface area contributed by atoms with Crippen molar-refractivity contribution >= 4 is 5.97 Å². The molecule has 0 amide bonds. The van der Waals surface area contributed by atoms with E-state index in [1.165, 1.54) is 7.11 Å². The molecule has 0 saturated carbocycles. The van der Waals surface area contributed by atoms with Crippen molar-refractivity contribution in [2.45, 2.75) is 13.0 Å². The maximum Gasteiger partial charge on any atom is 0.358 e. The summed E-state index contributed by atoms with van der Waals surface area (Å²) in [5, 5.41) is 15.6. The highest BCUT2D eigenvalue weighted by Crippen LogP contribution is 2.24. The number of carboxylic acid groups (broad SMARTS) is 1. The molecule has 0 saturated heterocycles. The fraction of sp³-hybridized carbons (Fsp3) is 0.250. The van der Waals surface area contributed by atoms with E-state index in [0.29, 0.717) is 11.3 Å². The van der Waals surface area contributed by atoms with Crippen LogP contribution in [-0.2, 0) is 6.54 Å². The van der Waals surface area contributed by atoms with Gasteiger partial charge in [-0.2, -0.15) is 0 Å². The second kappa shape index (κ2) is 5.64. The van der Waals surface area contributed by atoms with Crippen LogP contribution in [0.25, 0.3) is 0 Å². The highest BCUT2D eigenvalue weighted by atomic mass is 19.3. The summed E-state index contributed by atoms with van der Waals surface area (Å²) in [7, 11) is 1.46. The first kappa shape index (κ1) is 13.9. The van der Waals surface area contributed by atoms with Crippen LogP contribution < -0.4 is 4.74 Å². The summed E-state index contributed by atoms with van der Waals surface area (Å²) in [4.78, 5) is 10.8. The Morgan fingerprint density at radius 2 is 2.15 bits per heavy atom. The van der Waals surface area contributed by atoms with Crippen LogP contribution in [0.4, 0.5) is 8.78 Å². The first-order valence-electron chi connectivity index (χ1n) is 5.61. The topological polar surface area (TPSA) is 77.2 Å². The zero-order chi connectivity index (χ0) is 14.7. The highest BCUT2D eigenvalue weighted by molar-refractivity contribution is 5.86. The van der Waals surface area contributed by atoms with Crippen LogP contribution >= 0.6 is 0 Å². The lowest BCUT2D eigenvalue weighted by molar-refractivity contribution is 0.0675. The molecule has 0 radical (unpaired) electrons. The molecule has 1 aromatic carbocycles. The van der Waals surface area contributed by atoms with Crippen molar-refractivity contribution in [2.24, 2.45) is 0 Å². The molecule has 0 aliphatic rings. The molecule has 106 valence electrons. The van der Waals surface area contributed by atoms with Crippen LogP contribution in [0, 0.1) is 0 Å². The van der Waals surface area contributed by atoms with Gasteiger partial charge in [-0.25, -0.2) is 18.3 Å². The number of benzene rings is 1. The molecular weight excluding hydrogens is 272 g/mol. The Balaban J connectivity index is 2.41. The molecule has 1 heterocycles. The maximum absolute atomic E-state index is 13.0. The Kier molecular flexibility index (Phi) is 3.92. The fourth-order valence-corrected chi connectivity index (χ4v) is 1.80. The van der Waals surface area contributed by atoms with Gasteiger partial charge in [-0.1, -0.05) is 23.4 Å². The summed E-state index contributed by atoms with van der Waals surface area (Å²) in [6.45, 7) is -0.0516. The molecule has 6 nitrogen and oxygen atoms in total. The molecule has 20 heavy (non-hydrogen) atoms. The summed E-state index contributed by atoms with van der Waals surface area (Å²) in [5.74, 6) is -1.04. The van der Waals surface area contributed by atoms with Crippen LogP contribution in [-0.4, -0.2) is 33.2 Å². The monoisotopic (exact) mass is 283 g/mol. The van der Waals surface area contributed by atoms with Gasteiger partial charge in [0.15, 0.2) is 5.69 Å². The van der Waals surface area contributed by atoms with Gasteiger partial charge in [-0.3, -0.25) is 0 Å². The summed E-state index contributed by atoms with van der Waals surface area (Å²) in [6, 6.07) is 6.80. The fourth-order valence-electron chi connectivity index (χ4n) is 1.80. The number of rotatable bonds is 5. The Morgan fingerprint density at radius 3 is 2.75 bits per heavy atom. The number of nitrogens with zero attached hydrogens (tertiary/aromatic N) is 3. The van der Waals surface area contributed by atoms with Crippen LogP contribution in [0.5, 0.6) is 5.75 Å². The minimum absolute atomic E-state index is 0.0516. The van der Waals surface area contributed by atoms with Gasteiger partial charge in [0.25, 0.3) is 6.43 Å². The molecule has 0 fully saturated rings. The van der Waals surface area contributed by atoms with Gasteiger partial charge < -0.3 is 9.84 Å². The normalized spacial score (nSPS) is 10.8.